The molecule has 5 rings (SSSR count). The number of nitrogens with zero attached hydrogens (tertiary/aromatic N) is 3. The highest BCUT2D eigenvalue weighted by Crippen LogP contribution is 2.34. The minimum absolute atomic E-state index is 0.0219. The topological polar surface area (TPSA) is 68.3 Å². The molecule has 0 aliphatic heterocycles. The van der Waals surface area contributed by atoms with Gasteiger partial charge in [-0.2, -0.15) is 0 Å². The summed E-state index contributed by atoms with van der Waals surface area (Å²) in [5, 5.41) is 1.07. The van der Waals surface area contributed by atoms with Crippen molar-refractivity contribution in [3.05, 3.63) is 94.2 Å². The maximum absolute atomic E-state index is 13.2. The Morgan fingerprint density at radius 2 is 1.97 bits per heavy atom. The summed E-state index contributed by atoms with van der Waals surface area (Å²) < 4.78 is 7.06. The minimum atomic E-state index is -0.137. The lowest BCUT2D eigenvalue weighted by molar-refractivity contribution is -0.129. The van der Waals surface area contributed by atoms with E-state index in [1.807, 2.05) is 42.3 Å². The zero-order chi connectivity index (χ0) is 22.8. The van der Waals surface area contributed by atoms with Crippen molar-refractivity contribution in [2.45, 2.75) is 37.0 Å². The van der Waals surface area contributed by atoms with Gasteiger partial charge in [0.15, 0.2) is 5.16 Å². The monoisotopic (exact) mass is 459 g/mol. The first-order valence-electron chi connectivity index (χ1n) is 11.1. The lowest BCUT2D eigenvalue weighted by Crippen LogP contribution is -2.34. The number of benzene rings is 2. The summed E-state index contributed by atoms with van der Waals surface area (Å²) >= 11 is 1.30. The highest BCUT2D eigenvalue weighted by molar-refractivity contribution is 7.99. The SMILES string of the molecule is CN(C(=O)CSc1nc2ccccc2c(=O)n1Cc1ccco1)[C@H]1CCCc2ccccc21. The highest BCUT2D eigenvalue weighted by atomic mass is 32.2. The van der Waals surface area contributed by atoms with Gasteiger partial charge in [-0.15, -0.1) is 0 Å². The summed E-state index contributed by atoms with van der Waals surface area (Å²) in [6, 6.07) is 19.4. The molecule has 0 N–H and O–H groups in total. The number of para-hydroxylation sites is 1. The molecule has 2 aromatic carbocycles. The minimum Gasteiger partial charge on any atom is -0.467 e. The van der Waals surface area contributed by atoms with E-state index in [4.69, 9.17) is 9.40 Å². The summed E-state index contributed by atoms with van der Waals surface area (Å²) in [6.07, 6.45) is 4.67. The third-order valence-electron chi connectivity index (χ3n) is 6.24. The van der Waals surface area contributed by atoms with Crippen LogP contribution in [-0.4, -0.2) is 33.2 Å². The lowest BCUT2D eigenvalue weighted by Gasteiger charge is -2.33. The van der Waals surface area contributed by atoms with Crippen LogP contribution in [-0.2, 0) is 17.8 Å². The fourth-order valence-electron chi connectivity index (χ4n) is 4.49. The molecule has 1 aliphatic rings. The first kappa shape index (κ1) is 21.5. The van der Waals surface area contributed by atoms with E-state index in [0.29, 0.717) is 21.8 Å². The van der Waals surface area contributed by atoms with Crippen molar-refractivity contribution in [2.75, 3.05) is 12.8 Å². The molecule has 0 bridgehead atoms. The van der Waals surface area contributed by atoms with E-state index in [0.717, 1.165) is 19.3 Å². The van der Waals surface area contributed by atoms with Gasteiger partial charge >= 0.3 is 0 Å². The molecule has 0 saturated carbocycles. The number of aromatic nitrogens is 2. The van der Waals surface area contributed by atoms with E-state index < -0.39 is 0 Å². The molecular weight excluding hydrogens is 434 g/mol. The molecule has 2 aromatic heterocycles. The van der Waals surface area contributed by atoms with Crippen LogP contribution in [0.25, 0.3) is 10.9 Å². The summed E-state index contributed by atoms with van der Waals surface area (Å²) in [7, 11) is 1.87. The number of furan rings is 1. The third kappa shape index (κ3) is 4.33. The zero-order valence-electron chi connectivity index (χ0n) is 18.4. The second-order valence-electron chi connectivity index (χ2n) is 8.28. The van der Waals surface area contributed by atoms with Crippen LogP contribution in [0.3, 0.4) is 0 Å². The molecule has 4 aromatic rings. The molecule has 0 fully saturated rings. The Morgan fingerprint density at radius 1 is 1.15 bits per heavy atom. The number of carbonyl (C=O) groups excluding carboxylic acids is 1. The smallest absolute Gasteiger partial charge is 0.262 e. The van der Waals surface area contributed by atoms with Crippen molar-refractivity contribution in [1.82, 2.24) is 14.5 Å². The molecule has 33 heavy (non-hydrogen) atoms. The Morgan fingerprint density at radius 3 is 2.82 bits per heavy atom. The fourth-order valence-corrected chi connectivity index (χ4v) is 5.41. The van der Waals surface area contributed by atoms with Crippen molar-refractivity contribution in [3.63, 3.8) is 0 Å². The Hall–Kier alpha value is -3.32. The zero-order valence-corrected chi connectivity index (χ0v) is 19.3. The van der Waals surface area contributed by atoms with Crippen molar-refractivity contribution >= 4 is 28.6 Å². The number of rotatable bonds is 6. The van der Waals surface area contributed by atoms with E-state index in [1.165, 1.54) is 22.9 Å². The van der Waals surface area contributed by atoms with E-state index in [-0.39, 0.29) is 29.8 Å². The van der Waals surface area contributed by atoms with Crippen LogP contribution in [0.2, 0.25) is 0 Å². The first-order chi connectivity index (χ1) is 16.1. The maximum atomic E-state index is 13.2. The standard InChI is InChI=1S/C26H25N3O3S/c1-28(23-14-6-9-18-8-2-3-11-20(18)23)24(30)17-33-26-27-22-13-5-4-12-21(22)25(31)29(26)16-19-10-7-15-32-19/h2-5,7-8,10-13,15,23H,6,9,14,16-17H2,1H3/t23-/m0/s1. The van der Waals surface area contributed by atoms with Crippen LogP contribution in [0.4, 0.5) is 0 Å². The Balaban J connectivity index is 1.40. The number of hydrogen-bond acceptors (Lipinski definition) is 5. The predicted molar refractivity (Wildman–Crippen MR) is 129 cm³/mol. The molecule has 0 unspecified atom stereocenters. The van der Waals surface area contributed by atoms with E-state index in [1.54, 1.807) is 23.0 Å². The van der Waals surface area contributed by atoms with Gasteiger partial charge in [-0.05, 0) is 54.7 Å². The summed E-state index contributed by atoms with van der Waals surface area (Å²) in [5.74, 6) is 0.893. The van der Waals surface area contributed by atoms with Crippen molar-refractivity contribution in [2.24, 2.45) is 0 Å². The molecule has 0 saturated heterocycles. The average Bonchev–Trinajstić information content (AvgIpc) is 3.37. The van der Waals surface area contributed by atoms with Gasteiger partial charge in [-0.3, -0.25) is 14.2 Å². The van der Waals surface area contributed by atoms with Crippen LogP contribution in [0.1, 0.15) is 35.8 Å². The van der Waals surface area contributed by atoms with Crippen molar-refractivity contribution in [3.8, 4) is 0 Å². The molecular formula is C26H25N3O3S. The second kappa shape index (κ2) is 9.27. The van der Waals surface area contributed by atoms with Gasteiger partial charge in [0, 0.05) is 7.05 Å². The summed E-state index contributed by atoms with van der Waals surface area (Å²) in [4.78, 5) is 32.9. The van der Waals surface area contributed by atoms with E-state index in [9.17, 15) is 9.59 Å². The molecule has 2 heterocycles. The van der Waals surface area contributed by atoms with E-state index in [2.05, 4.69) is 18.2 Å². The van der Waals surface area contributed by atoms with Gasteiger partial charge in [-0.1, -0.05) is 48.2 Å². The largest absolute Gasteiger partial charge is 0.467 e. The number of carbonyl (C=O) groups is 1. The molecule has 0 spiro atoms. The van der Waals surface area contributed by atoms with Gasteiger partial charge in [-0.25, -0.2) is 4.98 Å². The number of fused-ring (bicyclic) bond motifs is 2. The lowest BCUT2D eigenvalue weighted by atomic mass is 9.87. The normalized spacial score (nSPS) is 15.4. The number of amides is 1. The van der Waals surface area contributed by atoms with Gasteiger partial charge in [0.1, 0.15) is 5.76 Å². The van der Waals surface area contributed by atoms with Crippen molar-refractivity contribution < 1.29 is 9.21 Å². The van der Waals surface area contributed by atoms with Gasteiger partial charge in [0.25, 0.3) is 5.56 Å². The van der Waals surface area contributed by atoms with Gasteiger partial charge in [0.2, 0.25) is 5.91 Å². The van der Waals surface area contributed by atoms with Gasteiger partial charge < -0.3 is 9.32 Å². The van der Waals surface area contributed by atoms with Crippen LogP contribution < -0.4 is 5.56 Å². The Labute approximate surface area is 196 Å². The summed E-state index contributed by atoms with van der Waals surface area (Å²) in [6.45, 7) is 0.270. The van der Waals surface area contributed by atoms with Crippen LogP contribution in [0.15, 0.2) is 81.3 Å². The predicted octanol–water partition coefficient (Wildman–Crippen LogP) is 4.67. The Kier molecular flexibility index (Phi) is 6.05. The van der Waals surface area contributed by atoms with Crippen LogP contribution in [0.5, 0.6) is 0 Å². The maximum Gasteiger partial charge on any atom is 0.262 e. The first-order valence-corrected chi connectivity index (χ1v) is 12.1. The number of thioether (sulfide) groups is 1. The molecule has 7 heteroatoms. The highest BCUT2D eigenvalue weighted by Gasteiger charge is 2.27. The molecule has 0 radical (unpaired) electrons. The van der Waals surface area contributed by atoms with E-state index >= 15 is 0 Å². The average molecular weight is 460 g/mol. The molecule has 1 amide bonds. The Bertz CT molecular complexity index is 1350. The van der Waals surface area contributed by atoms with Gasteiger partial charge in [0.05, 0.1) is 35.5 Å². The number of hydrogen-bond donors (Lipinski definition) is 0. The summed E-state index contributed by atoms with van der Waals surface area (Å²) in [5.41, 5.74) is 3.05. The molecule has 1 atom stereocenters. The fraction of sp³-hybridized carbons (Fsp3) is 0.269. The van der Waals surface area contributed by atoms with Crippen LogP contribution >= 0.6 is 11.8 Å². The van der Waals surface area contributed by atoms with Crippen LogP contribution in [0, 0.1) is 0 Å². The second-order valence-corrected chi connectivity index (χ2v) is 9.22. The third-order valence-corrected chi connectivity index (χ3v) is 7.21. The number of aryl methyl sites for hydroxylation is 1. The molecule has 1 aliphatic carbocycles. The molecule has 168 valence electrons. The quantitative estimate of drug-likeness (QED) is 0.310. The molecule has 6 nitrogen and oxygen atoms in total. The van der Waals surface area contributed by atoms with Crippen molar-refractivity contribution in [1.29, 1.82) is 0 Å².